The van der Waals surface area contributed by atoms with Gasteiger partial charge in [-0.3, -0.25) is 4.90 Å². The molecule has 1 unspecified atom stereocenters. The first-order valence-corrected chi connectivity index (χ1v) is 15.9. The maximum atomic E-state index is 13.9. The number of aliphatic hydroxyl groups excluding tert-OH is 1. The van der Waals surface area contributed by atoms with Crippen LogP contribution in [0.5, 0.6) is 0 Å². The normalized spacial score (nSPS) is 26.7. The zero-order valence-electron chi connectivity index (χ0n) is 23.2. The van der Waals surface area contributed by atoms with Crippen LogP contribution in [0.1, 0.15) is 30.5 Å². The SMILES string of the molecule is O=S(=O)(c1ccc(N2CC[C@@H](F)C2)nc1)N1CCC2=Cc3c(cnn3-c3ccc(F)cc3)CC2(CN2CC[C@H](O)C2)C1. The van der Waals surface area contributed by atoms with Crippen molar-refractivity contribution < 1.29 is 22.3 Å². The number of sulfonamides is 1. The van der Waals surface area contributed by atoms with Gasteiger partial charge in [0, 0.05) is 50.9 Å². The molecule has 2 aromatic heterocycles. The summed E-state index contributed by atoms with van der Waals surface area (Å²) in [5, 5.41) is 14.9. The average molecular weight is 597 g/mol. The standard InChI is InChI=1S/C30H34F2N6O3S/c31-23-1-3-25(4-2-23)38-28-13-22-7-12-37(20-30(22,14-21(28)15-34-38)19-35-10-9-26(39)18-35)42(40,41)27-5-6-29(33-16-27)36-11-8-24(32)17-36/h1-6,13,15-16,24,26,39H,7-12,14,17-20H2/t24-,26+,30?/m1/s1. The number of hydrogen-bond donors (Lipinski definition) is 1. The molecule has 5 heterocycles. The molecule has 0 spiro atoms. The fourth-order valence-corrected chi connectivity index (χ4v) is 8.48. The Morgan fingerprint density at radius 3 is 2.55 bits per heavy atom. The highest BCUT2D eigenvalue weighted by molar-refractivity contribution is 7.89. The number of halogens is 2. The third-order valence-corrected chi connectivity index (χ3v) is 11.0. The van der Waals surface area contributed by atoms with Crippen LogP contribution >= 0.6 is 0 Å². The lowest BCUT2D eigenvalue weighted by Crippen LogP contribution is -2.53. The molecule has 9 nitrogen and oxygen atoms in total. The molecule has 1 aromatic carbocycles. The average Bonchev–Trinajstić information content (AvgIpc) is 3.71. The molecule has 0 bridgehead atoms. The fraction of sp³-hybridized carbons (Fsp3) is 0.467. The minimum Gasteiger partial charge on any atom is -0.392 e. The Hall–Kier alpha value is -3.19. The number of anilines is 1. The third kappa shape index (κ3) is 4.93. The van der Waals surface area contributed by atoms with Gasteiger partial charge < -0.3 is 10.0 Å². The van der Waals surface area contributed by atoms with Crippen LogP contribution in [-0.2, 0) is 16.4 Å². The third-order valence-electron chi connectivity index (χ3n) is 9.17. The van der Waals surface area contributed by atoms with Crippen LogP contribution in [0.25, 0.3) is 11.8 Å². The van der Waals surface area contributed by atoms with E-state index >= 15 is 0 Å². The number of pyridine rings is 1. The Morgan fingerprint density at radius 2 is 1.86 bits per heavy atom. The smallest absolute Gasteiger partial charge is 0.244 e. The summed E-state index contributed by atoms with van der Waals surface area (Å²) < 4.78 is 58.5. The summed E-state index contributed by atoms with van der Waals surface area (Å²) in [6.07, 6.45) is 6.37. The second-order valence-corrected chi connectivity index (χ2v) is 14.0. The van der Waals surface area contributed by atoms with Gasteiger partial charge in [-0.1, -0.05) is 5.57 Å². The number of hydrogen-bond acceptors (Lipinski definition) is 7. The zero-order chi connectivity index (χ0) is 29.1. The number of piperidine rings is 1. The van der Waals surface area contributed by atoms with E-state index in [4.69, 9.17) is 0 Å². The van der Waals surface area contributed by atoms with E-state index in [-0.39, 0.29) is 23.4 Å². The summed E-state index contributed by atoms with van der Waals surface area (Å²) in [5.41, 5.74) is 3.37. The van der Waals surface area contributed by atoms with Crippen molar-refractivity contribution in [2.24, 2.45) is 5.41 Å². The van der Waals surface area contributed by atoms with Crippen LogP contribution in [0.3, 0.4) is 0 Å². The van der Waals surface area contributed by atoms with Crippen molar-refractivity contribution in [3.05, 3.63) is 71.4 Å². The van der Waals surface area contributed by atoms with Gasteiger partial charge in [0.1, 0.15) is 22.7 Å². The molecule has 3 saturated heterocycles. The van der Waals surface area contributed by atoms with E-state index < -0.39 is 21.6 Å². The number of aliphatic hydroxyl groups is 1. The molecule has 12 heteroatoms. The highest BCUT2D eigenvalue weighted by Crippen LogP contribution is 2.46. The predicted molar refractivity (Wildman–Crippen MR) is 154 cm³/mol. The molecule has 0 radical (unpaired) electrons. The Bertz CT molecular complexity index is 1610. The highest BCUT2D eigenvalue weighted by atomic mass is 32.2. The van der Waals surface area contributed by atoms with Gasteiger partial charge in [0.05, 0.1) is 30.2 Å². The van der Waals surface area contributed by atoms with Crippen LogP contribution in [0.15, 0.2) is 59.3 Å². The number of likely N-dealkylation sites (tertiary alicyclic amines) is 1. The molecule has 3 fully saturated rings. The van der Waals surface area contributed by atoms with Gasteiger partial charge in [-0.25, -0.2) is 26.9 Å². The topological polar surface area (TPSA) is 94.8 Å². The first-order valence-electron chi connectivity index (χ1n) is 14.5. The number of fused-ring (bicyclic) bond motifs is 2. The molecule has 0 saturated carbocycles. The first kappa shape index (κ1) is 27.6. The van der Waals surface area contributed by atoms with Gasteiger partial charge in [0.15, 0.2) is 0 Å². The molecule has 3 atom stereocenters. The summed E-state index contributed by atoms with van der Waals surface area (Å²) in [5.74, 6) is 0.271. The molecule has 3 aliphatic heterocycles. The van der Waals surface area contributed by atoms with E-state index in [2.05, 4.69) is 21.1 Å². The maximum absolute atomic E-state index is 13.9. The Kier molecular flexibility index (Phi) is 6.92. The first-order chi connectivity index (χ1) is 20.2. The largest absolute Gasteiger partial charge is 0.392 e. The fourth-order valence-electron chi connectivity index (χ4n) is 7.01. The number of aromatic nitrogens is 3. The van der Waals surface area contributed by atoms with Gasteiger partial charge in [0.2, 0.25) is 10.0 Å². The predicted octanol–water partition coefficient (Wildman–Crippen LogP) is 3.04. The minimum absolute atomic E-state index is 0.127. The zero-order valence-corrected chi connectivity index (χ0v) is 24.1. The van der Waals surface area contributed by atoms with E-state index in [0.717, 1.165) is 29.1 Å². The lowest BCUT2D eigenvalue weighted by Gasteiger charge is -2.47. The van der Waals surface area contributed by atoms with Gasteiger partial charge in [-0.05, 0) is 73.7 Å². The Morgan fingerprint density at radius 1 is 1.02 bits per heavy atom. The minimum atomic E-state index is -3.84. The molecule has 0 amide bonds. The van der Waals surface area contributed by atoms with Crippen LogP contribution in [-0.4, -0.2) is 95.6 Å². The molecular weight excluding hydrogens is 562 g/mol. The van der Waals surface area contributed by atoms with E-state index in [1.54, 1.807) is 28.6 Å². The van der Waals surface area contributed by atoms with Crippen molar-refractivity contribution in [3.8, 4) is 5.69 Å². The Labute approximate surface area is 244 Å². The molecule has 222 valence electrons. The van der Waals surface area contributed by atoms with Crippen LogP contribution in [0, 0.1) is 11.2 Å². The number of rotatable bonds is 6. The summed E-state index contributed by atoms with van der Waals surface area (Å²) in [6.45, 7) is 3.40. The van der Waals surface area contributed by atoms with Gasteiger partial charge in [0.25, 0.3) is 0 Å². The maximum Gasteiger partial charge on any atom is 0.244 e. The molecule has 3 aromatic rings. The van der Waals surface area contributed by atoms with Crippen molar-refractivity contribution >= 4 is 21.9 Å². The lowest BCUT2D eigenvalue weighted by molar-refractivity contribution is 0.126. The molecule has 1 aliphatic carbocycles. The van der Waals surface area contributed by atoms with E-state index in [9.17, 15) is 22.3 Å². The number of benzene rings is 1. The Balaban J connectivity index is 1.19. The molecule has 42 heavy (non-hydrogen) atoms. The van der Waals surface area contributed by atoms with Gasteiger partial charge >= 0.3 is 0 Å². The van der Waals surface area contributed by atoms with Crippen LogP contribution in [0.4, 0.5) is 14.6 Å². The van der Waals surface area contributed by atoms with E-state index in [0.29, 0.717) is 64.2 Å². The van der Waals surface area contributed by atoms with E-state index in [1.807, 2.05) is 15.8 Å². The summed E-state index contributed by atoms with van der Waals surface area (Å²) >= 11 is 0. The summed E-state index contributed by atoms with van der Waals surface area (Å²) in [4.78, 5) is 8.58. The van der Waals surface area contributed by atoms with Crippen molar-refractivity contribution in [1.29, 1.82) is 0 Å². The molecular formula is C30H34F2N6O3S. The van der Waals surface area contributed by atoms with Crippen molar-refractivity contribution in [2.75, 3.05) is 50.7 Å². The van der Waals surface area contributed by atoms with Crippen LogP contribution in [0.2, 0.25) is 0 Å². The number of nitrogens with zero attached hydrogens (tertiary/aromatic N) is 6. The monoisotopic (exact) mass is 596 g/mol. The molecule has 1 N–H and O–H groups in total. The highest BCUT2D eigenvalue weighted by Gasteiger charge is 2.47. The molecule has 4 aliphatic rings. The number of β-amino-alcohol motifs (C(OH)–C–C–N with tert-alkyl or cyclic N) is 1. The van der Waals surface area contributed by atoms with Crippen molar-refractivity contribution in [1.82, 2.24) is 24.0 Å². The molecule has 7 rings (SSSR count). The van der Waals surface area contributed by atoms with Gasteiger partial charge in [-0.15, -0.1) is 0 Å². The summed E-state index contributed by atoms with van der Waals surface area (Å²) in [7, 11) is -3.84. The second kappa shape index (κ2) is 10.5. The number of alkyl halides is 1. The van der Waals surface area contributed by atoms with E-state index in [1.165, 1.54) is 18.3 Å². The van der Waals surface area contributed by atoms with Gasteiger partial charge in [-0.2, -0.15) is 9.40 Å². The summed E-state index contributed by atoms with van der Waals surface area (Å²) in [6, 6.07) is 9.46. The van der Waals surface area contributed by atoms with Crippen LogP contribution < -0.4 is 4.90 Å². The van der Waals surface area contributed by atoms with Crippen molar-refractivity contribution in [2.45, 2.75) is 42.9 Å². The second-order valence-electron chi connectivity index (χ2n) is 12.0. The lowest BCUT2D eigenvalue weighted by atomic mass is 9.68. The quantitative estimate of drug-likeness (QED) is 0.468. The van der Waals surface area contributed by atoms with Crippen molar-refractivity contribution in [3.63, 3.8) is 0 Å².